The van der Waals surface area contributed by atoms with Crippen molar-refractivity contribution >= 4 is 23.2 Å². The number of anilines is 1. The molecule has 0 unspecified atom stereocenters. The average Bonchev–Trinajstić information content (AvgIpc) is 2.76. The SMILES string of the molecule is CCN(c1cc(Cl)cc(C(=O)NCc2ccc(C)[nH]c2=O)c1C)C1CCC(N(C)C)CC1. The van der Waals surface area contributed by atoms with Crippen molar-refractivity contribution in [2.75, 3.05) is 25.5 Å². The highest BCUT2D eigenvalue weighted by atomic mass is 35.5. The lowest BCUT2D eigenvalue weighted by Crippen LogP contribution is -2.42. The van der Waals surface area contributed by atoms with Crippen LogP contribution in [0.15, 0.2) is 29.1 Å². The number of halogens is 1. The molecule has 0 radical (unpaired) electrons. The van der Waals surface area contributed by atoms with Gasteiger partial charge in [-0.05, 0) is 84.3 Å². The summed E-state index contributed by atoms with van der Waals surface area (Å²) in [6.07, 6.45) is 4.60. The molecule has 2 N–H and O–H groups in total. The molecule has 1 aromatic carbocycles. The molecule has 1 aliphatic carbocycles. The van der Waals surface area contributed by atoms with Crippen molar-refractivity contribution in [3.63, 3.8) is 0 Å². The predicted molar refractivity (Wildman–Crippen MR) is 132 cm³/mol. The van der Waals surface area contributed by atoms with Crippen LogP contribution in [0.3, 0.4) is 0 Å². The first kappa shape index (κ1) is 24.3. The number of aromatic amines is 1. The predicted octanol–water partition coefficient (Wildman–Crippen LogP) is 4.27. The summed E-state index contributed by atoms with van der Waals surface area (Å²) >= 11 is 6.46. The number of hydrogen-bond acceptors (Lipinski definition) is 4. The molecule has 3 rings (SSSR count). The zero-order chi connectivity index (χ0) is 23.4. The van der Waals surface area contributed by atoms with E-state index in [4.69, 9.17) is 11.6 Å². The minimum atomic E-state index is -0.224. The van der Waals surface area contributed by atoms with Crippen molar-refractivity contribution in [2.45, 2.75) is 65.1 Å². The normalized spacial score (nSPS) is 18.6. The number of H-pyrrole nitrogens is 1. The number of carbonyl (C=O) groups is 1. The summed E-state index contributed by atoms with van der Waals surface area (Å²) < 4.78 is 0. The largest absolute Gasteiger partial charge is 0.369 e. The third-order valence-corrected chi connectivity index (χ3v) is 6.87. The highest BCUT2D eigenvalue weighted by molar-refractivity contribution is 6.31. The number of benzene rings is 1. The van der Waals surface area contributed by atoms with Gasteiger partial charge in [0.1, 0.15) is 0 Å². The number of nitrogens with one attached hydrogen (secondary N) is 2. The molecule has 1 fully saturated rings. The molecule has 32 heavy (non-hydrogen) atoms. The molecule has 2 aromatic rings. The summed E-state index contributed by atoms with van der Waals surface area (Å²) in [7, 11) is 4.30. The van der Waals surface area contributed by atoms with Crippen LogP contribution in [0, 0.1) is 13.8 Å². The summed E-state index contributed by atoms with van der Waals surface area (Å²) in [6.45, 7) is 6.99. The Morgan fingerprint density at radius 1 is 1.12 bits per heavy atom. The molecule has 174 valence electrons. The van der Waals surface area contributed by atoms with E-state index >= 15 is 0 Å². The van der Waals surface area contributed by atoms with Gasteiger partial charge in [-0.3, -0.25) is 9.59 Å². The van der Waals surface area contributed by atoms with E-state index in [0.29, 0.717) is 28.2 Å². The van der Waals surface area contributed by atoms with Crippen LogP contribution in [0.5, 0.6) is 0 Å². The van der Waals surface area contributed by atoms with Gasteiger partial charge in [-0.2, -0.15) is 0 Å². The molecular formula is C25H35ClN4O2. The fourth-order valence-corrected chi connectivity index (χ4v) is 4.94. The first-order valence-corrected chi connectivity index (χ1v) is 11.8. The third kappa shape index (κ3) is 5.54. The Bertz CT molecular complexity index is 1010. The molecule has 0 atom stereocenters. The quantitative estimate of drug-likeness (QED) is 0.650. The Morgan fingerprint density at radius 3 is 2.38 bits per heavy atom. The smallest absolute Gasteiger partial charge is 0.253 e. The second-order valence-electron chi connectivity index (χ2n) is 8.99. The molecule has 1 amide bonds. The standard InChI is InChI=1S/C25H35ClN4O2/c1-6-30(21-11-9-20(10-12-21)29(4)5)23-14-19(26)13-22(17(23)3)25(32)27-15-18-8-7-16(2)28-24(18)31/h7-8,13-14,20-21H,6,9-12,15H2,1-5H3,(H,27,32)(H,28,31). The van der Waals surface area contributed by atoms with Gasteiger partial charge in [0.15, 0.2) is 0 Å². The molecule has 1 aromatic heterocycles. The molecule has 7 heteroatoms. The van der Waals surface area contributed by atoms with E-state index in [1.165, 1.54) is 12.8 Å². The van der Waals surface area contributed by atoms with E-state index in [0.717, 1.165) is 36.3 Å². The number of rotatable bonds is 7. The number of pyridine rings is 1. The maximum atomic E-state index is 13.0. The fraction of sp³-hybridized carbons (Fsp3) is 0.520. The Balaban J connectivity index is 1.79. The van der Waals surface area contributed by atoms with Crippen molar-refractivity contribution in [3.8, 4) is 0 Å². The van der Waals surface area contributed by atoms with Crippen LogP contribution >= 0.6 is 11.6 Å². The highest BCUT2D eigenvalue weighted by Crippen LogP contribution is 2.34. The Kier molecular flexibility index (Phi) is 8.01. The van der Waals surface area contributed by atoms with Crippen molar-refractivity contribution in [2.24, 2.45) is 0 Å². The zero-order valence-corrected chi connectivity index (χ0v) is 20.6. The summed E-state index contributed by atoms with van der Waals surface area (Å²) in [5, 5.41) is 3.43. The molecule has 0 spiro atoms. The van der Waals surface area contributed by atoms with Gasteiger partial charge in [0, 0.05) is 52.7 Å². The monoisotopic (exact) mass is 458 g/mol. The average molecular weight is 459 g/mol. The van der Waals surface area contributed by atoms with Crippen LogP contribution in [0.25, 0.3) is 0 Å². The maximum Gasteiger partial charge on any atom is 0.253 e. The molecule has 6 nitrogen and oxygen atoms in total. The number of aromatic nitrogens is 1. The summed E-state index contributed by atoms with van der Waals surface area (Å²) in [4.78, 5) is 32.6. The summed E-state index contributed by atoms with van der Waals surface area (Å²) in [5.41, 5.74) is 3.63. The first-order chi connectivity index (χ1) is 15.2. The highest BCUT2D eigenvalue weighted by Gasteiger charge is 2.28. The second-order valence-corrected chi connectivity index (χ2v) is 9.42. The van der Waals surface area contributed by atoms with Crippen LogP contribution in [0.4, 0.5) is 5.69 Å². The molecule has 0 bridgehead atoms. The van der Waals surface area contributed by atoms with E-state index in [-0.39, 0.29) is 18.0 Å². The van der Waals surface area contributed by atoms with Crippen LogP contribution in [0.2, 0.25) is 5.02 Å². The summed E-state index contributed by atoms with van der Waals surface area (Å²) in [6, 6.07) is 8.34. The topological polar surface area (TPSA) is 68.4 Å². The lowest BCUT2D eigenvalue weighted by Gasteiger charge is -2.40. The fourth-order valence-electron chi connectivity index (χ4n) is 4.72. The van der Waals surface area contributed by atoms with Crippen molar-refractivity contribution in [1.82, 2.24) is 15.2 Å². The Labute approximate surface area is 196 Å². The van der Waals surface area contributed by atoms with Gasteiger partial charge in [-0.1, -0.05) is 17.7 Å². The van der Waals surface area contributed by atoms with Gasteiger partial charge in [-0.15, -0.1) is 0 Å². The molecule has 1 saturated carbocycles. The van der Waals surface area contributed by atoms with Crippen LogP contribution in [-0.2, 0) is 6.54 Å². The van der Waals surface area contributed by atoms with Crippen molar-refractivity contribution < 1.29 is 4.79 Å². The van der Waals surface area contributed by atoms with E-state index in [1.54, 1.807) is 12.1 Å². The molecule has 1 heterocycles. The van der Waals surface area contributed by atoms with Crippen molar-refractivity contribution in [1.29, 1.82) is 0 Å². The van der Waals surface area contributed by atoms with Gasteiger partial charge >= 0.3 is 0 Å². The number of nitrogens with zero attached hydrogens (tertiary/aromatic N) is 2. The van der Waals surface area contributed by atoms with Gasteiger partial charge in [0.25, 0.3) is 11.5 Å². The van der Waals surface area contributed by atoms with Crippen LogP contribution in [-0.4, -0.2) is 48.5 Å². The maximum absolute atomic E-state index is 13.0. The van der Waals surface area contributed by atoms with Crippen molar-refractivity contribution in [3.05, 3.63) is 62.0 Å². The first-order valence-electron chi connectivity index (χ1n) is 11.4. The number of amides is 1. The second kappa shape index (κ2) is 10.5. The lowest BCUT2D eigenvalue weighted by atomic mass is 9.89. The lowest BCUT2D eigenvalue weighted by molar-refractivity contribution is 0.0950. The minimum absolute atomic E-state index is 0.168. The van der Waals surface area contributed by atoms with Gasteiger partial charge < -0.3 is 20.1 Å². The molecule has 0 saturated heterocycles. The third-order valence-electron chi connectivity index (χ3n) is 6.65. The number of carbonyl (C=O) groups excluding carboxylic acids is 1. The van der Waals surface area contributed by atoms with Gasteiger partial charge in [0.2, 0.25) is 0 Å². The minimum Gasteiger partial charge on any atom is -0.369 e. The Morgan fingerprint density at radius 2 is 1.78 bits per heavy atom. The van der Waals surface area contributed by atoms with E-state index in [1.807, 2.05) is 26.0 Å². The zero-order valence-electron chi connectivity index (χ0n) is 19.8. The van der Waals surface area contributed by atoms with Crippen LogP contribution in [0.1, 0.15) is 59.8 Å². The Hall–Kier alpha value is -2.31. The van der Waals surface area contributed by atoms with E-state index < -0.39 is 0 Å². The van der Waals surface area contributed by atoms with Gasteiger partial charge in [0.05, 0.1) is 0 Å². The van der Waals surface area contributed by atoms with Crippen LogP contribution < -0.4 is 15.8 Å². The number of aryl methyl sites for hydroxylation is 1. The molecule has 0 aliphatic heterocycles. The van der Waals surface area contributed by atoms with Gasteiger partial charge in [-0.25, -0.2) is 0 Å². The van der Waals surface area contributed by atoms with E-state index in [2.05, 4.69) is 41.1 Å². The molecular weight excluding hydrogens is 424 g/mol. The van der Waals surface area contributed by atoms with E-state index in [9.17, 15) is 9.59 Å². The molecule has 1 aliphatic rings. The number of hydrogen-bond donors (Lipinski definition) is 2. The summed E-state index contributed by atoms with van der Waals surface area (Å²) in [5.74, 6) is -0.224.